The van der Waals surface area contributed by atoms with E-state index >= 15 is 0 Å². The number of carbonyl (C=O) groups excluding carboxylic acids is 1. The number of rotatable bonds is 2. The number of amides is 1. The molecule has 124 valence electrons. The summed E-state index contributed by atoms with van der Waals surface area (Å²) in [4.78, 5) is 12.8. The minimum absolute atomic E-state index is 0.117. The van der Waals surface area contributed by atoms with E-state index in [0.29, 0.717) is 11.7 Å². The van der Waals surface area contributed by atoms with Crippen LogP contribution in [0.2, 0.25) is 0 Å². The van der Waals surface area contributed by atoms with Crippen LogP contribution in [0.4, 0.5) is 0 Å². The van der Waals surface area contributed by atoms with Gasteiger partial charge in [0.2, 0.25) is 0 Å². The lowest BCUT2D eigenvalue weighted by atomic mass is 9.94. The molecule has 0 aliphatic carbocycles. The van der Waals surface area contributed by atoms with E-state index in [-0.39, 0.29) is 11.9 Å². The zero-order valence-corrected chi connectivity index (χ0v) is 14.1. The van der Waals surface area contributed by atoms with E-state index in [2.05, 4.69) is 29.7 Å². The van der Waals surface area contributed by atoms with Gasteiger partial charge in [0.25, 0.3) is 5.91 Å². The number of aryl methyl sites for hydroxylation is 1. The van der Waals surface area contributed by atoms with E-state index in [9.17, 15) is 4.79 Å². The fraction of sp³-hybridized carbons (Fsp3) is 0.350. The summed E-state index contributed by atoms with van der Waals surface area (Å²) in [6.07, 6.45) is 1.08. The first-order valence-corrected chi connectivity index (χ1v) is 8.57. The van der Waals surface area contributed by atoms with Crippen molar-refractivity contribution in [2.75, 3.05) is 13.1 Å². The van der Waals surface area contributed by atoms with Gasteiger partial charge in [-0.2, -0.15) is 0 Å². The van der Waals surface area contributed by atoms with E-state index < -0.39 is 0 Å². The first kappa shape index (κ1) is 15.2. The lowest BCUT2D eigenvalue weighted by Gasteiger charge is -2.29. The number of piperidine rings is 1. The zero-order valence-electron chi connectivity index (χ0n) is 14.1. The third kappa shape index (κ3) is 2.47. The zero-order chi connectivity index (χ0) is 16.7. The Morgan fingerprint density at radius 1 is 1.21 bits per heavy atom. The van der Waals surface area contributed by atoms with Gasteiger partial charge in [-0.15, -0.1) is 0 Å². The van der Waals surface area contributed by atoms with Crippen molar-refractivity contribution in [2.45, 2.75) is 26.3 Å². The summed E-state index contributed by atoms with van der Waals surface area (Å²) >= 11 is 0. The van der Waals surface area contributed by atoms with Crippen LogP contribution in [-0.4, -0.2) is 25.0 Å². The van der Waals surface area contributed by atoms with Crippen LogP contribution in [0.1, 0.15) is 29.5 Å². The Hall–Kier alpha value is -2.33. The predicted molar refractivity (Wildman–Crippen MR) is 96.4 cm³/mol. The van der Waals surface area contributed by atoms with Crippen molar-refractivity contribution in [1.29, 1.82) is 0 Å². The summed E-state index contributed by atoms with van der Waals surface area (Å²) in [5.41, 5.74) is 1.70. The average Bonchev–Trinajstić information content (AvgIpc) is 2.94. The molecule has 0 bridgehead atoms. The molecule has 1 fully saturated rings. The molecule has 2 aromatic carbocycles. The van der Waals surface area contributed by atoms with Crippen LogP contribution in [-0.2, 0) is 0 Å². The molecule has 0 saturated carbocycles. The van der Waals surface area contributed by atoms with E-state index in [1.807, 2.05) is 31.2 Å². The molecule has 4 heteroatoms. The molecule has 0 radical (unpaired) electrons. The molecule has 4 nitrogen and oxygen atoms in total. The number of benzene rings is 2. The van der Waals surface area contributed by atoms with Crippen molar-refractivity contribution >= 4 is 27.6 Å². The fourth-order valence-electron chi connectivity index (χ4n) is 3.58. The maximum Gasteiger partial charge on any atom is 0.287 e. The topological polar surface area (TPSA) is 54.3 Å². The number of carbonyl (C=O) groups is 1. The van der Waals surface area contributed by atoms with Crippen molar-refractivity contribution < 1.29 is 9.21 Å². The molecule has 0 spiro atoms. The molecule has 1 aromatic heterocycles. The normalized spacial score (nSPS) is 21.2. The van der Waals surface area contributed by atoms with Gasteiger partial charge in [0, 0.05) is 28.9 Å². The molecule has 2 unspecified atom stereocenters. The minimum Gasteiger partial charge on any atom is -0.450 e. The lowest BCUT2D eigenvalue weighted by Crippen LogP contribution is -2.50. The Morgan fingerprint density at radius 2 is 2.04 bits per heavy atom. The third-order valence-electron chi connectivity index (χ3n) is 5.18. The van der Waals surface area contributed by atoms with Crippen LogP contribution in [0, 0.1) is 12.8 Å². The predicted octanol–water partition coefficient (Wildman–Crippen LogP) is 3.62. The lowest BCUT2D eigenvalue weighted by molar-refractivity contribution is 0.0888. The fourth-order valence-corrected chi connectivity index (χ4v) is 3.58. The SMILES string of the molecule is Cc1c(C(=O)NC2CNCCC2C)oc2c1ccc1ccccc12. The van der Waals surface area contributed by atoms with Crippen molar-refractivity contribution in [3.63, 3.8) is 0 Å². The van der Waals surface area contributed by atoms with Gasteiger partial charge < -0.3 is 15.1 Å². The van der Waals surface area contributed by atoms with Gasteiger partial charge in [-0.25, -0.2) is 0 Å². The molecule has 1 amide bonds. The first-order valence-electron chi connectivity index (χ1n) is 8.57. The Kier molecular flexibility index (Phi) is 3.77. The quantitative estimate of drug-likeness (QED) is 0.757. The largest absolute Gasteiger partial charge is 0.450 e. The number of fused-ring (bicyclic) bond motifs is 3. The maximum absolute atomic E-state index is 12.8. The highest BCUT2D eigenvalue weighted by Gasteiger charge is 2.26. The average molecular weight is 322 g/mol. The summed E-state index contributed by atoms with van der Waals surface area (Å²) in [5, 5.41) is 9.66. The second kappa shape index (κ2) is 5.95. The van der Waals surface area contributed by atoms with Crippen LogP contribution in [0.25, 0.3) is 21.7 Å². The van der Waals surface area contributed by atoms with Crippen molar-refractivity contribution in [3.05, 3.63) is 47.7 Å². The molecule has 2 N–H and O–H groups in total. The van der Waals surface area contributed by atoms with Gasteiger partial charge in [0.1, 0.15) is 5.58 Å². The molecule has 1 saturated heterocycles. The standard InChI is InChI=1S/C20H22N2O2/c1-12-9-10-21-11-17(12)22-20(23)18-13(2)15-8-7-14-5-3-4-6-16(14)19(15)24-18/h3-8,12,17,21H,9-11H2,1-2H3,(H,22,23). The number of nitrogens with one attached hydrogen (secondary N) is 2. The summed E-state index contributed by atoms with van der Waals surface area (Å²) < 4.78 is 6.02. The van der Waals surface area contributed by atoms with Crippen LogP contribution in [0.3, 0.4) is 0 Å². The Labute approximate surface area is 141 Å². The summed E-state index contributed by atoms with van der Waals surface area (Å²) in [5.74, 6) is 0.785. The molecule has 2 heterocycles. The van der Waals surface area contributed by atoms with Gasteiger partial charge in [0.15, 0.2) is 5.76 Å². The molecule has 24 heavy (non-hydrogen) atoms. The monoisotopic (exact) mass is 322 g/mol. The Bertz CT molecular complexity index is 913. The molecule has 3 aromatic rings. The highest BCUT2D eigenvalue weighted by Crippen LogP contribution is 2.31. The molecular formula is C20H22N2O2. The van der Waals surface area contributed by atoms with Crippen LogP contribution in [0.5, 0.6) is 0 Å². The number of hydrogen-bond donors (Lipinski definition) is 2. The van der Waals surface area contributed by atoms with E-state index in [1.165, 1.54) is 0 Å². The summed E-state index contributed by atoms with van der Waals surface area (Å²) in [7, 11) is 0. The second-order valence-corrected chi connectivity index (χ2v) is 6.77. The van der Waals surface area contributed by atoms with E-state index in [4.69, 9.17) is 4.42 Å². The molecule has 1 aliphatic rings. The van der Waals surface area contributed by atoms with Crippen LogP contribution in [0.15, 0.2) is 40.8 Å². The smallest absolute Gasteiger partial charge is 0.287 e. The summed E-state index contributed by atoms with van der Waals surface area (Å²) in [6.45, 7) is 5.97. The van der Waals surface area contributed by atoms with Gasteiger partial charge in [-0.1, -0.05) is 43.3 Å². The van der Waals surface area contributed by atoms with Crippen LogP contribution < -0.4 is 10.6 Å². The highest BCUT2D eigenvalue weighted by atomic mass is 16.3. The first-order chi connectivity index (χ1) is 11.6. The summed E-state index contributed by atoms with van der Waals surface area (Å²) in [6, 6.07) is 12.4. The molecule has 1 aliphatic heterocycles. The van der Waals surface area contributed by atoms with Gasteiger partial charge in [-0.3, -0.25) is 4.79 Å². The van der Waals surface area contributed by atoms with Crippen molar-refractivity contribution in [1.82, 2.24) is 10.6 Å². The second-order valence-electron chi connectivity index (χ2n) is 6.77. The van der Waals surface area contributed by atoms with Gasteiger partial charge in [-0.05, 0) is 31.2 Å². The van der Waals surface area contributed by atoms with Crippen LogP contribution >= 0.6 is 0 Å². The highest BCUT2D eigenvalue weighted by molar-refractivity contribution is 6.08. The minimum atomic E-state index is -0.117. The number of furan rings is 1. The molecule has 4 rings (SSSR count). The van der Waals surface area contributed by atoms with E-state index in [1.54, 1.807) is 0 Å². The maximum atomic E-state index is 12.8. The molecule has 2 atom stereocenters. The Morgan fingerprint density at radius 3 is 2.88 bits per heavy atom. The van der Waals surface area contributed by atoms with Crippen molar-refractivity contribution in [3.8, 4) is 0 Å². The van der Waals surface area contributed by atoms with Gasteiger partial charge in [0.05, 0.1) is 0 Å². The van der Waals surface area contributed by atoms with Crippen molar-refractivity contribution in [2.24, 2.45) is 5.92 Å². The third-order valence-corrected chi connectivity index (χ3v) is 5.18. The Balaban J connectivity index is 1.72. The van der Waals surface area contributed by atoms with Gasteiger partial charge >= 0.3 is 0 Å². The van der Waals surface area contributed by atoms with E-state index in [0.717, 1.165) is 46.8 Å². The molecular weight excluding hydrogens is 300 g/mol. The number of hydrogen-bond acceptors (Lipinski definition) is 3.